The number of hydrogen-bond donors (Lipinski definition) is 3. The normalized spacial score (nSPS) is 12.4. The third-order valence-corrected chi connectivity index (χ3v) is 5.10. The van der Waals surface area contributed by atoms with Crippen LogP contribution < -0.4 is 15.7 Å². The first-order chi connectivity index (χ1) is 14.0. The Morgan fingerprint density at radius 2 is 1.76 bits per heavy atom. The molecular weight excluding hydrogens is 370 g/mol. The van der Waals surface area contributed by atoms with E-state index in [0.29, 0.717) is 11.3 Å². The molecule has 156 valence electrons. The van der Waals surface area contributed by atoms with Crippen LogP contribution in [0, 0.1) is 0 Å². The Hall–Kier alpha value is -2.61. The highest BCUT2D eigenvalue weighted by Gasteiger charge is 2.13. The fourth-order valence-electron chi connectivity index (χ4n) is 3.30. The highest BCUT2D eigenvalue weighted by atomic mass is 16.5. The minimum absolute atomic E-state index is 0.0918. The summed E-state index contributed by atoms with van der Waals surface area (Å²) in [5.74, 6) is 0.696. The Balaban J connectivity index is 1.55. The van der Waals surface area contributed by atoms with Gasteiger partial charge in [0, 0.05) is 27.2 Å². The molecule has 29 heavy (non-hydrogen) atoms. The number of fused-ring (bicyclic) bond motifs is 1. The average Bonchev–Trinajstić information content (AvgIpc) is 2.96. The summed E-state index contributed by atoms with van der Waals surface area (Å²) >= 11 is 0. The molecule has 7 heteroatoms. The van der Waals surface area contributed by atoms with Crippen LogP contribution in [0.5, 0.6) is 5.75 Å². The number of rotatable bonds is 10. The topological polar surface area (TPSA) is 88.7 Å². The molecule has 7 nitrogen and oxygen atoms in total. The molecule has 0 saturated carbocycles. The fraction of sp³-hybridized carbons (Fsp3) is 0.409. The van der Waals surface area contributed by atoms with Crippen molar-refractivity contribution in [3.63, 3.8) is 0 Å². The van der Waals surface area contributed by atoms with Crippen LogP contribution in [0.1, 0.15) is 30.1 Å². The van der Waals surface area contributed by atoms with Crippen LogP contribution in [0.4, 0.5) is 0 Å². The van der Waals surface area contributed by atoms with Crippen molar-refractivity contribution >= 4 is 11.0 Å². The van der Waals surface area contributed by atoms with Crippen LogP contribution in [-0.2, 0) is 20.6 Å². The second-order valence-corrected chi connectivity index (χ2v) is 7.23. The zero-order chi connectivity index (χ0) is 20.8. The highest BCUT2D eigenvalue weighted by molar-refractivity contribution is 5.76. The number of ether oxygens (including phenoxy) is 1. The van der Waals surface area contributed by atoms with Crippen LogP contribution in [0.2, 0.25) is 0 Å². The fourth-order valence-corrected chi connectivity index (χ4v) is 3.30. The van der Waals surface area contributed by atoms with Gasteiger partial charge in [-0.2, -0.15) is 0 Å². The van der Waals surface area contributed by atoms with Crippen molar-refractivity contribution in [3.8, 4) is 5.75 Å². The minimum Gasteiger partial charge on any atom is -0.491 e. The van der Waals surface area contributed by atoms with Crippen molar-refractivity contribution in [2.24, 2.45) is 14.1 Å². The number of imidazole rings is 1. The van der Waals surface area contributed by atoms with E-state index >= 15 is 0 Å². The van der Waals surface area contributed by atoms with Gasteiger partial charge in [-0.1, -0.05) is 18.2 Å². The Morgan fingerprint density at radius 1 is 1.03 bits per heavy atom. The summed E-state index contributed by atoms with van der Waals surface area (Å²) in [6, 6.07) is 13.3. The molecule has 0 fully saturated rings. The molecule has 3 aromatic rings. The predicted molar refractivity (Wildman–Crippen MR) is 113 cm³/mol. The van der Waals surface area contributed by atoms with Gasteiger partial charge in [0.2, 0.25) is 0 Å². The van der Waals surface area contributed by atoms with E-state index in [9.17, 15) is 9.90 Å². The average molecular weight is 399 g/mol. The maximum Gasteiger partial charge on any atom is 0.328 e. The molecule has 1 atom stereocenters. The van der Waals surface area contributed by atoms with E-state index in [2.05, 4.69) is 5.32 Å². The molecular formula is C22H29N3O4. The van der Waals surface area contributed by atoms with Crippen molar-refractivity contribution in [2.75, 3.05) is 19.8 Å². The SMILES string of the molecule is Cn1c(=O)n(C)c2cc(C(O)COc3ccc(CNCCCCO)cc3)ccc21. The molecule has 3 rings (SSSR count). The molecule has 1 unspecified atom stereocenters. The maximum atomic E-state index is 12.0. The number of unbranched alkanes of at least 4 members (excludes halogenated alkanes) is 1. The number of aliphatic hydroxyl groups is 2. The lowest BCUT2D eigenvalue weighted by atomic mass is 10.1. The molecule has 0 aliphatic rings. The number of nitrogens with zero attached hydrogens (tertiary/aromatic N) is 2. The Labute approximate surface area is 170 Å². The van der Waals surface area contributed by atoms with Gasteiger partial charge in [0.15, 0.2) is 0 Å². The molecule has 2 aromatic carbocycles. The summed E-state index contributed by atoms with van der Waals surface area (Å²) in [7, 11) is 3.46. The molecule has 0 spiro atoms. The molecule has 0 saturated heterocycles. The van der Waals surface area contributed by atoms with Gasteiger partial charge in [0.1, 0.15) is 18.5 Å². The second-order valence-electron chi connectivity index (χ2n) is 7.23. The zero-order valence-corrected chi connectivity index (χ0v) is 17.0. The lowest BCUT2D eigenvalue weighted by Crippen LogP contribution is -2.19. The first-order valence-corrected chi connectivity index (χ1v) is 9.88. The third-order valence-electron chi connectivity index (χ3n) is 5.10. The van der Waals surface area contributed by atoms with Gasteiger partial charge >= 0.3 is 5.69 Å². The number of aryl methyl sites for hydroxylation is 2. The number of aliphatic hydroxyl groups excluding tert-OH is 2. The van der Waals surface area contributed by atoms with Crippen molar-refractivity contribution in [3.05, 3.63) is 64.1 Å². The van der Waals surface area contributed by atoms with Crippen LogP contribution in [0.25, 0.3) is 11.0 Å². The monoisotopic (exact) mass is 399 g/mol. The highest BCUT2D eigenvalue weighted by Crippen LogP contribution is 2.21. The predicted octanol–water partition coefficient (Wildman–Crippen LogP) is 1.85. The molecule has 0 aliphatic heterocycles. The first kappa shape index (κ1) is 21.1. The molecule has 3 N–H and O–H groups in total. The summed E-state index contributed by atoms with van der Waals surface area (Å²) < 4.78 is 8.89. The van der Waals surface area contributed by atoms with E-state index in [0.717, 1.165) is 42.5 Å². The Kier molecular flexibility index (Phi) is 7.09. The molecule has 0 amide bonds. The molecule has 1 heterocycles. The van der Waals surface area contributed by atoms with Gasteiger partial charge in [0.05, 0.1) is 11.0 Å². The standard InChI is InChI=1S/C22H29N3O4/c1-24-19-10-7-17(13-20(19)25(2)22(24)28)21(27)15-29-18-8-5-16(6-9-18)14-23-11-3-4-12-26/h5-10,13,21,23,26-27H,3-4,11-12,14-15H2,1-2H3. The molecule has 0 aliphatic carbocycles. The van der Waals surface area contributed by atoms with Gasteiger partial charge in [-0.3, -0.25) is 9.13 Å². The van der Waals surface area contributed by atoms with Crippen molar-refractivity contribution in [1.29, 1.82) is 0 Å². The van der Waals surface area contributed by atoms with E-state index in [1.54, 1.807) is 23.2 Å². The molecule has 0 bridgehead atoms. The first-order valence-electron chi connectivity index (χ1n) is 9.88. The van der Waals surface area contributed by atoms with Crippen molar-refractivity contribution in [2.45, 2.75) is 25.5 Å². The maximum absolute atomic E-state index is 12.0. The second kappa shape index (κ2) is 9.73. The number of benzene rings is 2. The summed E-state index contributed by atoms with van der Waals surface area (Å²) in [4.78, 5) is 12.0. The number of nitrogens with one attached hydrogen (secondary N) is 1. The van der Waals surface area contributed by atoms with E-state index in [1.165, 1.54) is 0 Å². The molecule has 1 aromatic heterocycles. The van der Waals surface area contributed by atoms with Crippen molar-refractivity contribution < 1.29 is 14.9 Å². The van der Waals surface area contributed by atoms with E-state index in [4.69, 9.17) is 9.84 Å². The van der Waals surface area contributed by atoms with Gasteiger partial charge in [0.25, 0.3) is 0 Å². The summed E-state index contributed by atoms with van der Waals surface area (Å²) in [6.45, 7) is 2.01. The summed E-state index contributed by atoms with van der Waals surface area (Å²) in [5, 5.41) is 22.6. The number of aromatic nitrogens is 2. The van der Waals surface area contributed by atoms with E-state index < -0.39 is 6.10 Å². The van der Waals surface area contributed by atoms with Crippen LogP contribution in [0.3, 0.4) is 0 Å². The Morgan fingerprint density at radius 3 is 2.48 bits per heavy atom. The van der Waals surface area contributed by atoms with Crippen molar-refractivity contribution in [1.82, 2.24) is 14.5 Å². The van der Waals surface area contributed by atoms with Crippen LogP contribution >= 0.6 is 0 Å². The zero-order valence-electron chi connectivity index (χ0n) is 17.0. The van der Waals surface area contributed by atoms with Gasteiger partial charge in [-0.15, -0.1) is 0 Å². The largest absolute Gasteiger partial charge is 0.491 e. The molecule has 0 radical (unpaired) electrons. The quantitative estimate of drug-likeness (QED) is 0.453. The van der Waals surface area contributed by atoms with Gasteiger partial charge < -0.3 is 20.3 Å². The lowest BCUT2D eigenvalue weighted by Gasteiger charge is -2.13. The number of hydrogen-bond acceptors (Lipinski definition) is 5. The van der Waals surface area contributed by atoms with Gasteiger partial charge in [-0.05, 0) is 54.8 Å². The van der Waals surface area contributed by atoms with Crippen LogP contribution in [0.15, 0.2) is 47.3 Å². The van der Waals surface area contributed by atoms with E-state index in [-0.39, 0.29) is 18.9 Å². The van der Waals surface area contributed by atoms with Crippen LogP contribution in [-0.4, -0.2) is 39.1 Å². The smallest absolute Gasteiger partial charge is 0.328 e. The third kappa shape index (κ3) is 5.06. The lowest BCUT2D eigenvalue weighted by molar-refractivity contribution is 0.108. The van der Waals surface area contributed by atoms with Gasteiger partial charge in [-0.25, -0.2) is 4.79 Å². The minimum atomic E-state index is -0.789. The summed E-state index contributed by atoms with van der Waals surface area (Å²) in [5.41, 5.74) is 3.38. The van der Waals surface area contributed by atoms with E-state index in [1.807, 2.05) is 42.5 Å². The summed E-state index contributed by atoms with van der Waals surface area (Å²) in [6.07, 6.45) is 0.983. The Bertz CT molecular complexity index is 992.